The van der Waals surface area contributed by atoms with Gasteiger partial charge in [-0.1, -0.05) is 6.42 Å². The first kappa shape index (κ1) is 21.0. The van der Waals surface area contributed by atoms with Gasteiger partial charge in [-0.2, -0.15) is 0 Å². The van der Waals surface area contributed by atoms with Crippen molar-refractivity contribution in [2.75, 3.05) is 31.1 Å². The Bertz CT molecular complexity index is 677. The summed E-state index contributed by atoms with van der Waals surface area (Å²) in [6.45, 7) is 12.1. The lowest BCUT2D eigenvalue weighted by atomic mass is 9.81. The average molecular weight is 401 g/mol. The van der Waals surface area contributed by atoms with Crippen molar-refractivity contribution in [1.29, 1.82) is 0 Å². The zero-order chi connectivity index (χ0) is 20.6. The Kier molecular flexibility index (Phi) is 5.90. The monoisotopic (exact) mass is 401 g/mol. The predicted molar refractivity (Wildman–Crippen MR) is 116 cm³/mol. The number of likely N-dealkylation sites (tertiary alicyclic amines) is 1. The average Bonchev–Trinajstić information content (AvgIpc) is 3.48. The van der Waals surface area contributed by atoms with Gasteiger partial charge in [-0.05, 0) is 59.9 Å². The van der Waals surface area contributed by atoms with Crippen molar-refractivity contribution in [2.24, 2.45) is 5.73 Å². The van der Waals surface area contributed by atoms with Crippen LogP contribution in [0.4, 0.5) is 5.95 Å². The molecule has 8 heteroatoms. The first-order valence-electron chi connectivity index (χ1n) is 11.2. The van der Waals surface area contributed by atoms with E-state index in [2.05, 4.69) is 37.5 Å². The fraction of sp³-hybridized carbons (Fsp3) is 0.810. The number of hydrogen-bond acceptors (Lipinski definition) is 7. The Morgan fingerprint density at radius 1 is 1.10 bits per heavy atom. The fourth-order valence-corrected chi connectivity index (χ4v) is 4.31. The Morgan fingerprint density at radius 3 is 2.34 bits per heavy atom. The minimum absolute atomic E-state index is 0.357. The van der Waals surface area contributed by atoms with Crippen LogP contribution in [0, 0.1) is 0 Å². The van der Waals surface area contributed by atoms with Crippen molar-refractivity contribution in [3.63, 3.8) is 0 Å². The Hall–Kier alpha value is -1.22. The van der Waals surface area contributed by atoms with E-state index in [4.69, 9.17) is 25.0 Å². The quantitative estimate of drug-likeness (QED) is 0.695. The maximum atomic E-state index is 6.14. The van der Waals surface area contributed by atoms with Crippen molar-refractivity contribution < 1.29 is 9.31 Å². The highest BCUT2D eigenvalue weighted by Gasteiger charge is 2.52. The Labute approximate surface area is 175 Å². The molecule has 0 amide bonds. The van der Waals surface area contributed by atoms with Crippen LogP contribution in [0.15, 0.2) is 12.4 Å². The number of rotatable bonds is 7. The minimum Gasteiger partial charge on any atom is -0.399 e. The van der Waals surface area contributed by atoms with E-state index in [9.17, 15) is 0 Å². The smallest absolute Gasteiger partial charge is 0.399 e. The maximum Gasteiger partial charge on any atom is 0.498 e. The van der Waals surface area contributed by atoms with Crippen molar-refractivity contribution in [3.8, 4) is 0 Å². The molecule has 1 saturated carbocycles. The summed E-state index contributed by atoms with van der Waals surface area (Å²) in [7, 11) is -0.415. The minimum atomic E-state index is -0.415. The molecule has 7 nitrogen and oxygen atoms in total. The van der Waals surface area contributed by atoms with Crippen LogP contribution >= 0.6 is 0 Å². The summed E-state index contributed by atoms with van der Waals surface area (Å²) in [6.07, 6.45) is 10.0. The van der Waals surface area contributed by atoms with Gasteiger partial charge in [0.2, 0.25) is 5.95 Å². The van der Waals surface area contributed by atoms with Crippen LogP contribution in [-0.2, 0) is 9.31 Å². The lowest BCUT2D eigenvalue weighted by Gasteiger charge is -2.38. The molecular weight excluding hydrogens is 365 g/mol. The third-order valence-electron chi connectivity index (χ3n) is 7.00. The molecule has 0 unspecified atom stereocenters. The SMILES string of the molecule is CC1(C)OB(c2cnc(N(C[C@H]3CCCCN3CCN)C3CC3)nc2)OC1(C)C. The van der Waals surface area contributed by atoms with Crippen LogP contribution < -0.4 is 16.1 Å². The molecule has 0 spiro atoms. The molecule has 2 aliphatic heterocycles. The number of hydrogen-bond donors (Lipinski definition) is 1. The largest absolute Gasteiger partial charge is 0.498 e. The molecule has 2 saturated heterocycles. The van der Waals surface area contributed by atoms with E-state index in [1.807, 2.05) is 12.4 Å². The van der Waals surface area contributed by atoms with Gasteiger partial charge < -0.3 is 19.9 Å². The van der Waals surface area contributed by atoms with Gasteiger partial charge in [0.15, 0.2) is 0 Å². The fourth-order valence-electron chi connectivity index (χ4n) is 4.31. The van der Waals surface area contributed by atoms with Gasteiger partial charge in [-0.3, -0.25) is 4.90 Å². The molecule has 29 heavy (non-hydrogen) atoms. The Balaban J connectivity index is 1.46. The summed E-state index contributed by atoms with van der Waals surface area (Å²) in [5.74, 6) is 0.825. The second-order valence-electron chi connectivity index (χ2n) is 9.76. The molecule has 160 valence electrons. The van der Waals surface area contributed by atoms with Crippen molar-refractivity contribution in [1.82, 2.24) is 14.9 Å². The lowest BCUT2D eigenvalue weighted by molar-refractivity contribution is 0.00578. The van der Waals surface area contributed by atoms with E-state index >= 15 is 0 Å². The van der Waals surface area contributed by atoms with E-state index in [-0.39, 0.29) is 11.2 Å². The molecule has 1 aromatic rings. The molecule has 3 fully saturated rings. The van der Waals surface area contributed by atoms with Gasteiger partial charge in [-0.25, -0.2) is 9.97 Å². The summed E-state index contributed by atoms with van der Waals surface area (Å²) in [6, 6.07) is 1.11. The lowest BCUT2D eigenvalue weighted by Crippen LogP contribution is -2.49. The molecule has 1 aromatic heterocycles. The standard InChI is InChI=1S/C21H36BN5O2/c1-20(2)21(3,4)29-22(28-20)16-13-24-19(25-14-16)27(17-8-9-17)15-18-7-5-6-11-26(18)12-10-23/h13-14,17-18H,5-12,15,23H2,1-4H3/t18-/m1/s1. The molecule has 0 aromatic carbocycles. The normalized spacial score (nSPS) is 26.7. The number of anilines is 1. The van der Waals surface area contributed by atoms with Gasteiger partial charge in [0.1, 0.15) is 0 Å². The van der Waals surface area contributed by atoms with Crippen LogP contribution in [0.1, 0.15) is 59.8 Å². The van der Waals surface area contributed by atoms with E-state index in [0.717, 1.165) is 37.6 Å². The summed E-state index contributed by atoms with van der Waals surface area (Å²) >= 11 is 0. The zero-order valence-electron chi connectivity index (χ0n) is 18.4. The maximum absolute atomic E-state index is 6.14. The Morgan fingerprint density at radius 2 is 1.76 bits per heavy atom. The van der Waals surface area contributed by atoms with Crippen LogP contribution in [-0.4, -0.2) is 71.5 Å². The molecule has 2 N–H and O–H groups in total. The first-order chi connectivity index (χ1) is 13.8. The molecule has 0 bridgehead atoms. The second kappa shape index (κ2) is 8.14. The third-order valence-corrected chi connectivity index (χ3v) is 7.00. The number of nitrogens with two attached hydrogens (primary N) is 1. The van der Waals surface area contributed by atoms with E-state index < -0.39 is 7.12 Å². The highest BCUT2D eigenvalue weighted by Crippen LogP contribution is 2.36. The topological polar surface area (TPSA) is 76.7 Å². The van der Waals surface area contributed by atoms with Crippen LogP contribution in [0.5, 0.6) is 0 Å². The van der Waals surface area contributed by atoms with Crippen LogP contribution in [0.25, 0.3) is 0 Å². The van der Waals surface area contributed by atoms with E-state index in [0.29, 0.717) is 12.1 Å². The van der Waals surface area contributed by atoms with E-state index in [1.54, 1.807) is 0 Å². The molecule has 3 aliphatic rings. The van der Waals surface area contributed by atoms with Crippen LogP contribution in [0.2, 0.25) is 0 Å². The van der Waals surface area contributed by atoms with Gasteiger partial charge in [-0.15, -0.1) is 0 Å². The molecule has 1 atom stereocenters. The first-order valence-corrected chi connectivity index (χ1v) is 11.2. The third kappa shape index (κ3) is 4.45. The summed E-state index contributed by atoms with van der Waals surface area (Å²) in [5.41, 5.74) is 6.01. The summed E-state index contributed by atoms with van der Waals surface area (Å²) in [4.78, 5) is 14.4. The van der Waals surface area contributed by atoms with Crippen LogP contribution in [0.3, 0.4) is 0 Å². The highest BCUT2D eigenvalue weighted by molar-refractivity contribution is 6.61. The van der Waals surface area contributed by atoms with Gasteiger partial charge in [0.05, 0.1) is 11.2 Å². The number of aromatic nitrogens is 2. The summed E-state index contributed by atoms with van der Waals surface area (Å²) in [5, 5.41) is 0. The summed E-state index contributed by atoms with van der Waals surface area (Å²) < 4.78 is 12.3. The highest BCUT2D eigenvalue weighted by atomic mass is 16.7. The molecule has 0 radical (unpaired) electrons. The van der Waals surface area contributed by atoms with Gasteiger partial charge in [0, 0.05) is 49.6 Å². The van der Waals surface area contributed by atoms with E-state index in [1.165, 1.54) is 32.1 Å². The molecule has 3 heterocycles. The number of nitrogens with zero attached hydrogens (tertiary/aromatic N) is 4. The molecular formula is C21H36BN5O2. The zero-order valence-corrected chi connectivity index (χ0v) is 18.4. The molecule has 4 rings (SSSR count). The second-order valence-corrected chi connectivity index (χ2v) is 9.76. The number of piperidine rings is 1. The molecule has 1 aliphatic carbocycles. The predicted octanol–water partition coefficient (Wildman–Crippen LogP) is 1.56. The van der Waals surface area contributed by atoms with Gasteiger partial charge in [0.25, 0.3) is 0 Å². The van der Waals surface area contributed by atoms with Gasteiger partial charge >= 0.3 is 7.12 Å². The van der Waals surface area contributed by atoms with Crippen molar-refractivity contribution >= 4 is 18.5 Å². The van der Waals surface area contributed by atoms with Crippen molar-refractivity contribution in [2.45, 2.75) is 83.1 Å². The van der Waals surface area contributed by atoms with Crippen molar-refractivity contribution in [3.05, 3.63) is 12.4 Å².